The van der Waals surface area contributed by atoms with E-state index >= 15 is 0 Å². The van der Waals surface area contributed by atoms with Gasteiger partial charge in [0.15, 0.2) is 5.78 Å². The summed E-state index contributed by atoms with van der Waals surface area (Å²) in [6.07, 6.45) is 3.74. The Morgan fingerprint density at radius 3 is 2.58 bits per heavy atom. The standard InChI is InChI=1S/C18H16FN3O2/c19-14-3-1-12(2-4-14)9-16(20)18(23)11-15-10-17(22-24-15)13-5-7-21-8-6-13/h1-8,10,16H,9,11,20H2/t16-/m0/s1. The van der Waals surface area contributed by atoms with Crippen LogP contribution in [0.15, 0.2) is 59.4 Å². The molecule has 0 saturated carbocycles. The van der Waals surface area contributed by atoms with Gasteiger partial charge in [-0.25, -0.2) is 4.39 Å². The molecule has 0 fully saturated rings. The zero-order valence-corrected chi connectivity index (χ0v) is 12.9. The number of carbonyl (C=O) groups excluding carboxylic acids is 1. The summed E-state index contributed by atoms with van der Waals surface area (Å²) in [5, 5.41) is 3.96. The van der Waals surface area contributed by atoms with Gasteiger partial charge in [0.1, 0.15) is 17.3 Å². The molecule has 0 amide bonds. The minimum Gasteiger partial charge on any atom is -0.360 e. The molecule has 0 aliphatic heterocycles. The summed E-state index contributed by atoms with van der Waals surface area (Å²) in [7, 11) is 0. The van der Waals surface area contributed by atoms with Crippen LogP contribution in [0.4, 0.5) is 4.39 Å². The van der Waals surface area contributed by atoms with Gasteiger partial charge >= 0.3 is 0 Å². The molecule has 122 valence electrons. The summed E-state index contributed by atoms with van der Waals surface area (Å²) in [4.78, 5) is 16.2. The number of halogens is 1. The number of Topliss-reactive ketones (excluding diaryl/α,β-unsaturated/α-hetero) is 1. The van der Waals surface area contributed by atoms with Crippen LogP contribution in [0.5, 0.6) is 0 Å². The molecule has 3 rings (SSSR count). The molecule has 0 unspecified atom stereocenters. The molecule has 0 bridgehead atoms. The van der Waals surface area contributed by atoms with Crippen molar-refractivity contribution in [1.29, 1.82) is 0 Å². The Kier molecular flexibility index (Phi) is 4.77. The third kappa shape index (κ3) is 3.91. The van der Waals surface area contributed by atoms with Crippen molar-refractivity contribution < 1.29 is 13.7 Å². The molecule has 3 aromatic rings. The van der Waals surface area contributed by atoms with Crippen molar-refractivity contribution in [3.05, 3.63) is 72.0 Å². The first-order chi connectivity index (χ1) is 11.6. The van der Waals surface area contributed by atoms with Crippen LogP contribution in [0, 0.1) is 5.82 Å². The van der Waals surface area contributed by atoms with Gasteiger partial charge in [0, 0.05) is 24.0 Å². The largest absolute Gasteiger partial charge is 0.360 e. The molecule has 2 aromatic heterocycles. The summed E-state index contributed by atoms with van der Waals surface area (Å²) < 4.78 is 18.1. The van der Waals surface area contributed by atoms with E-state index in [1.165, 1.54) is 12.1 Å². The van der Waals surface area contributed by atoms with Gasteiger partial charge in [0.2, 0.25) is 0 Å². The molecule has 2 N–H and O–H groups in total. The first-order valence-corrected chi connectivity index (χ1v) is 7.50. The van der Waals surface area contributed by atoms with Crippen molar-refractivity contribution in [2.24, 2.45) is 5.73 Å². The highest BCUT2D eigenvalue weighted by Gasteiger charge is 2.17. The summed E-state index contributed by atoms with van der Waals surface area (Å²) in [5.74, 6) is -0.0120. The molecule has 1 aromatic carbocycles. The van der Waals surface area contributed by atoms with Crippen LogP contribution in [-0.4, -0.2) is 22.0 Å². The number of ketones is 1. The number of carbonyl (C=O) groups is 1. The molecule has 0 aliphatic rings. The Labute approximate surface area is 138 Å². The topological polar surface area (TPSA) is 82.0 Å². The molecule has 6 heteroatoms. The fraction of sp³-hybridized carbons (Fsp3) is 0.167. The summed E-state index contributed by atoms with van der Waals surface area (Å²) in [5.41, 5.74) is 8.26. The van der Waals surface area contributed by atoms with Crippen molar-refractivity contribution in [2.45, 2.75) is 18.9 Å². The smallest absolute Gasteiger partial charge is 0.157 e. The lowest BCUT2D eigenvalue weighted by Gasteiger charge is -2.09. The van der Waals surface area contributed by atoms with Gasteiger partial charge in [0.05, 0.1) is 12.5 Å². The van der Waals surface area contributed by atoms with Gasteiger partial charge in [-0.05, 0) is 36.2 Å². The maximum Gasteiger partial charge on any atom is 0.157 e. The lowest BCUT2D eigenvalue weighted by Crippen LogP contribution is -2.33. The van der Waals surface area contributed by atoms with Gasteiger partial charge in [-0.1, -0.05) is 17.3 Å². The number of pyridine rings is 1. The van der Waals surface area contributed by atoms with Crippen LogP contribution < -0.4 is 5.73 Å². The summed E-state index contributed by atoms with van der Waals surface area (Å²) in [6, 6.07) is 10.6. The average molecular weight is 325 g/mol. The van der Waals surface area contributed by atoms with Crippen molar-refractivity contribution in [3.8, 4) is 11.3 Å². The number of aromatic nitrogens is 2. The minimum atomic E-state index is -0.676. The highest BCUT2D eigenvalue weighted by atomic mass is 19.1. The van der Waals surface area contributed by atoms with E-state index in [9.17, 15) is 9.18 Å². The Morgan fingerprint density at radius 2 is 1.88 bits per heavy atom. The Bertz CT molecular complexity index is 816. The molecule has 24 heavy (non-hydrogen) atoms. The van der Waals surface area contributed by atoms with Crippen molar-refractivity contribution in [3.63, 3.8) is 0 Å². The molecule has 0 radical (unpaired) electrons. The number of nitrogens with two attached hydrogens (primary N) is 1. The molecule has 0 saturated heterocycles. The van der Waals surface area contributed by atoms with Gasteiger partial charge < -0.3 is 10.3 Å². The molecule has 1 atom stereocenters. The van der Waals surface area contributed by atoms with Crippen LogP contribution in [0.3, 0.4) is 0 Å². The molecule has 5 nitrogen and oxygen atoms in total. The molecular formula is C18H16FN3O2. The summed E-state index contributed by atoms with van der Waals surface area (Å²) in [6.45, 7) is 0. The van der Waals surface area contributed by atoms with E-state index in [1.807, 2.05) is 12.1 Å². The maximum atomic E-state index is 12.9. The summed E-state index contributed by atoms with van der Waals surface area (Å²) >= 11 is 0. The van der Waals surface area contributed by atoms with E-state index in [0.29, 0.717) is 17.9 Å². The number of benzene rings is 1. The third-order valence-corrected chi connectivity index (χ3v) is 3.67. The Balaban J connectivity index is 1.62. The van der Waals surface area contributed by atoms with Crippen molar-refractivity contribution in [1.82, 2.24) is 10.1 Å². The second-order valence-electron chi connectivity index (χ2n) is 5.49. The molecule has 0 aliphatic carbocycles. The van der Waals surface area contributed by atoms with E-state index in [2.05, 4.69) is 10.1 Å². The second-order valence-corrected chi connectivity index (χ2v) is 5.49. The minimum absolute atomic E-state index is 0.0699. The van der Waals surface area contributed by atoms with Crippen molar-refractivity contribution in [2.75, 3.05) is 0 Å². The average Bonchev–Trinajstić information content (AvgIpc) is 3.06. The fourth-order valence-electron chi connectivity index (χ4n) is 2.35. The second kappa shape index (κ2) is 7.14. The zero-order chi connectivity index (χ0) is 16.9. The predicted molar refractivity (Wildman–Crippen MR) is 86.5 cm³/mol. The Hall–Kier alpha value is -2.86. The van der Waals surface area contributed by atoms with Gasteiger partial charge in [-0.3, -0.25) is 9.78 Å². The van der Waals surface area contributed by atoms with Crippen molar-refractivity contribution >= 4 is 5.78 Å². The molecule has 2 heterocycles. The highest BCUT2D eigenvalue weighted by molar-refractivity contribution is 5.85. The number of nitrogens with zero attached hydrogens (tertiary/aromatic N) is 2. The van der Waals surface area contributed by atoms with Crippen LogP contribution in [-0.2, 0) is 17.6 Å². The van der Waals surface area contributed by atoms with Crippen LogP contribution in [0.1, 0.15) is 11.3 Å². The van der Waals surface area contributed by atoms with Crippen LogP contribution >= 0.6 is 0 Å². The quantitative estimate of drug-likeness (QED) is 0.753. The number of rotatable bonds is 6. The first kappa shape index (κ1) is 16.0. The third-order valence-electron chi connectivity index (χ3n) is 3.67. The van der Waals surface area contributed by atoms with Crippen LogP contribution in [0.2, 0.25) is 0 Å². The van der Waals surface area contributed by atoms with Gasteiger partial charge in [-0.15, -0.1) is 0 Å². The lowest BCUT2D eigenvalue weighted by molar-refractivity contribution is -0.119. The predicted octanol–water partition coefficient (Wildman–Crippen LogP) is 2.56. The Morgan fingerprint density at radius 1 is 1.17 bits per heavy atom. The zero-order valence-electron chi connectivity index (χ0n) is 12.9. The normalized spacial score (nSPS) is 12.1. The van der Waals surface area contributed by atoms with E-state index < -0.39 is 6.04 Å². The van der Waals surface area contributed by atoms with E-state index in [0.717, 1.165) is 11.1 Å². The van der Waals surface area contributed by atoms with Gasteiger partial charge in [0.25, 0.3) is 0 Å². The SMILES string of the molecule is N[C@@H](Cc1ccc(F)cc1)C(=O)Cc1cc(-c2ccncc2)no1. The highest BCUT2D eigenvalue weighted by Crippen LogP contribution is 2.18. The van der Waals surface area contributed by atoms with E-state index in [4.69, 9.17) is 10.3 Å². The molecular weight excluding hydrogens is 309 g/mol. The first-order valence-electron chi connectivity index (χ1n) is 7.50. The fourth-order valence-corrected chi connectivity index (χ4v) is 2.35. The lowest BCUT2D eigenvalue weighted by atomic mass is 10.0. The molecule has 0 spiro atoms. The monoisotopic (exact) mass is 325 g/mol. The maximum absolute atomic E-state index is 12.9. The van der Waals surface area contributed by atoms with E-state index in [1.54, 1.807) is 30.6 Å². The number of hydrogen-bond acceptors (Lipinski definition) is 5. The number of hydrogen-bond donors (Lipinski definition) is 1. The van der Waals surface area contributed by atoms with E-state index in [-0.39, 0.29) is 18.0 Å². The van der Waals surface area contributed by atoms with Gasteiger partial charge in [-0.2, -0.15) is 0 Å². The van der Waals surface area contributed by atoms with Crippen LogP contribution in [0.25, 0.3) is 11.3 Å².